The van der Waals surface area contributed by atoms with Crippen molar-refractivity contribution in [2.75, 3.05) is 36.4 Å². The number of nitrogens with zero attached hydrogens (tertiary/aromatic N) is 4. The van der Waals surface area contributed by atoms with Crippen molar-refractivity contribution in [2.24, 2.45) is 17.8 Å². The van der Waals surface area contributed by atoms with E-state index in [0.717, 1.165) is 49.6 Å². The van der Waals surface area contributed by atoms with Gasteiger partial charge in [-0.05, 0) is 94.6 Å². The molecule has 0 saturated carbocycles. The molecule has 3 aliphatic heterocycles. The Morgan fingerprint density at radius 2 is 1.77 bits per heavy atom. The van der Waals surface area contributed by atoms with Crippen LogP contribution in [0.3, 0.4) is 0 Å². The number of hydrogen-bond donors (Lipinski definition) is 2. The maximum atomic E-state index is 13.6. The van der Waals surface area contributed by atoms with Crippen molar-refractivity contribution in [3.05, 3.63) is 41.6 Å². The predicted molar refractivity (Wildman–Crippen MR) is 171 cm³/mol. The van der Waals surface area contributed by atoms with Crippen LogP contribution in [0.5, 0.6) is 0 Å². The molecule has 11 heteroatoms. The van der Waals surface area contributed by atoms with Gasteiger partial charge in [-0.1, -0.05) is 33.8 Å². The van der Waals surface area contributed by atoms with Crippen LogP contribution in [-0.4, -0.2) is 64.7 Å². The summed E-state index contributed by atoms with van der Waals surface area (Å²) in [6, 6.07) is 9.77. The Balaban J connectivity index is 1.44. The van der Waals surface area contributed by atoms with Crippen LogP contribution in [0.4, 0.5) is 24.8 Å². The third-order valence-corrected chi connectivity index (χ3v) is 10.4. The van der Waals surface area contributed by atoms with Crippen LogP contribution < -0.4 is 14.9 Å². The van der Waals surface area contributed by atoms with E-state index in [2.05, 4.69) is 56.5 Å². The van der Waals surface area contributed by atoms with Crippen molar-refractivity contribution in [1.29, 1.82) is 0 Å². The number of aromatic nitrogens is 2. The summed E-state index contributed by atoms with van der Waals surface area (Å²) in [5.74, 6) is 2.36. The van der Waals surface area contributed by atoms with E-state index in [1.165, 1.54) is 11.9 Å². The first-order chi connectivity index (χ1) is 20.6. The summed E-state index contributed by atoms with van der Waals surface area (Å²) in [4.78, 5) is 27.8. The monoisotopic (exact) mass is 632 g/mol. The molecule has 2 fully saturated rings. The quantitative estimate of drug-likeness (QED) is 0.344. The zero-order valence-corrected chi connectivity index (χ0v) is 27.6. The van der Waals surface area contributed by atoms with Crippen LogP contribution in [0.25, 0.3) is 0 Å². The van der Waals surface area contributed by atoms with Gasteiger partial charge < -0.3 is 15.1 Å². The van der Waals surface area contributed by atoms with E-state index < -0.39 is 12.6 Å². The first-order valence-electron chi connectivity index (χ1n) is 15.9. The number of halogens is 3. The molecule has 5 rings (SSSR count). The summed E-state index contributed by atoms with van der Waals surface area (Å²) in [7, 11) is 0. The Morgan fingerprint density at radius 3 is 2.45 bits per heavy atom. The standard InChI is InChI=1S/C33H47F3N6OS/c1-21-18-25(22-12-15-41(16-13-22)17-14-33(34,35)36)37-27-8-7-9-28(39-27)44-40-30(43)24-10-11-26(31(2,3)4)38-29(24)42-20-23(21)19-32(42,5)6/h7-11,21-23,25H,12-20H2,1-6H3,(H,37,39)(H,40,43). The van der Waals surface area contributed by atoms with Gasteiger partial charge in [0.05, 0.1) is 12.0 Å². The maximum Gasteiger partial charge on any atom is 0.390 e. The van der Waals surface area contributed by atoms with Crippen LogP contribution in [0.15, 0.2) is 35.4 Å². The van der Waals surface area contributed by atoms with Crippen LogP contribution in [-0.2, 0) is 5.41 Å². The van der Waals surface area contributed by atoms with Gasteiger partial charge in [-0.15, -0.1) is 0 Å². The van der Waals surface area contributed by atoms with E-state index in [1.807, 2.05) is 35.2 Å². The molecule has 4 bridgehead atoms. The summed E-state index contributed by atoms with van der Waals surface area (Å²) in [6.07, 6.45) is -1.28. The second-order valence-electron chi connectivity index (χ2n) is 14.6. The van der Waals surface area contributed by atoms with E-state index in [9.17, 15) is 18.0 Å². The minimum absolute atomic E-state index is 0.0662. The molecule has 3 aliphatic rings. The van der Waals surface area contributed by atoms with Crippen molar-refractivity contribution >= 4 is 29.5 Å². The van der Waals surface area contributed by atoms with Crippen LogP contribution in [0, 0.1) is 17.8 Å². The molecule has 2 N–H and O–H groups in total. The van der Waals surface area contributed by atoms with Gasteiger partial charge in [0.1, 0.15) is 16.7 Å². The molecule has 2 aromatic rings. The van der Waals surface area contributed by atoms with Gasteiger partial charge in [-0.25, -0.2) is 9.97 Å². The van der Waals surface area contributed by atoms with Gasteiger partial charge in [0, 0.05) is 47.7 Å². The first kappa shape index (κ1) is 32.9. The Kier molecular flexibility index (Phi) is 9.48. The van der Waals surface area contributed by atoms with Crippen molar-refractivity contribution in [1.82, 2.24) is 19.6 Å². The van der Waals surface area contributed by atoms with Crippen LogP contribution in [0.1, 0.15) is 89.7 Å². The fraction of sp³-hybridized carbons (Fsp3) is 0.667. The van der Waals surface area contributed by atoms with E-state index >= 15 is 0 Å². The molecular weight excluding hydrogens is 585 g/mol. The number of hydrogen-bond acceptors (Lipinski definition) is 7. The second kappa shape index (κ2) is 12.7. The summed E-state index contributed by atoms with van der Waals surface area (Å²) in [5, 5.41) is 4.41. The van der Waals surface area contributed by atoms with Crippen molar-refractivity contribution in [3.63, 3.8) is 0 Å². The minimum atomic E-state index is -4.13. The van der Waals surface area contributed by atoms with Crippen molar-refractivity contribution in [3.8, 4) is 0 Å². The Labute approximate surface area is 264 Å². The highest BCUT2D eigenvalue weighted by molar-refractivity contribution is 7.97. The number of rotatable bonds is 3. The third kappa shape index (κ3) is 7.81. The number of likely N-dealkylation sites (tertiary alicyclic amines) is 1. The number of nitrogens with one attached hydrogen (secondary N) is 2. The lowest BCUT2D eigenvalue weighted by Crippen LogP contribution is -2.42. The molecule has 2 aromatic heterocycles. The van der Waals surface area contributed by atoms with E-state index in [1.54, 1.807) is 0 Å². The SMILES string of the molecule is CC1CC(C2CCN(CCC(F)(F)F)CC2)Nc2cccc(n2)SNC(=O)c2ccc(C(C)(C)C)nc2N2CC1CC2(C)C. The number of amides is 1. The molecule has 0 aromatic carbocycles. The average Bonchev–Trinajstić information content (AvgIpc) is 3.28. The lowest BCUT2D eigenvalue weighted by molar-refractivity contribution is -0.138. The van der Waals surface area contributed by atoms with Gasteiger partial charge in [0.25, 0.3) is 5.91 Å². The predicted octanol–water partition coefficient (Wildman–Crippen LogP) is 7.30. The van der Waals surface area contributed by atoms with Crippen molar-refractivity contribution in [2.45, 2.75) is 102 Å². The second-order valence-corrected chi connectivity index (χ2v) is 15.4. The molecule has 0 spiro atoms. The van der Waals surface area contributed by atoms with Gasteiger partial charge in [0.15, 0.2) is 0 Å². The Hall–Kier alpha value is -2.53. The lowest BCUT2D eigenvalue weighted by Gasteiger charge is -2.38. The summed E-state index contributed by atoms with van der Waals surface area (Å²) >= 11 is 1.19. The molecule has 7 nitrogen and oxygen atoms in total. The smallest absolute Gasteiger partial charge is 0.367 e. The van der Waals surface area contributed by atoms with Gasteiger partial charge >= 0.3 is 6.18 Å². The molecule has 242 valence electrons. The Bertz CT molecular complexity index is 1320. The molecule has 2 saturated heterocycles. The Morgan fingerprint density at radius 1 is 1.05 bits per heavy atom. The molecule has 3 atom stereocenters. The number of alkyl halides is 3. The highest BCUT2D eigenvalue weighted by atomic mass is 32.2. The molecule has 0 aliphatic carbocycles. The van der Waals surface area contributed by atoms with E-state index in [0.29, 0.717) is 41.4 Å². The normalized spacial score (nSPS) is 25.4. The first-order valence-corrected chi connectivity index (χ1v) is 16.7. The third-order valence-electron chi connectivity index (χ3n) is 9.70. The van der Waals surface area contributed by atoms with Crippen LogP contribution in [0.2, 0.25) is 0 Å². The minimum Gasteiger partial charge on any atom is -0.367 e. The zero-order chi connectivity index (χ0) is 31.9. The molecular formula is C33H47F3N6OS. The number of carbonyl (C=O) groups is 1. The molecule has 3 unspecified atom stereocenters. The summed E-state index contributed by atoms with van der Waals surface area (Å²) in [6.45, 7) is 15.4. The van der Waals surface area contributed by atoms with Gasteiger partial charge in [-0.3, -0.25) is 9.52 Å². The fourth-order valence-electron chi connectivity index (χ4n) is 7.02. The van der Waals surface area contributed by atoms with Gasteiger partial charge in [-0.2, -0.15) is 13.2 Å². The van der Waals surface area contributed by atoms with Gasteiger partial charge in [0.2, 0.25) is 0 Å². The van der Waals surface area contributed by atoms with Crippen LogP contribution >= 0.6 is 11.9 Å². The number of piperidine rings is 1. The largest absolute Gasteiger partial charge is 0.390 e. The molecule has 1 amide bonds. The number of anilines is 2. The lowest BCUT2D eigenvalue weighted by atomic mass is 9.79. The molecule has 0 radical (unpaired) electrons. The summed E-state index contributed by atoms with van der Waals surface area (Å²) in [5.41, 5.74) is 1.15. The topological polar surface area (TPSA) is 73.4 Å². The number of pyridine rings is 2. The highest BCUT2D eigenvalue weighted by Gasteiger charge is 2.44. The molecule has 5 heterocycles. The van der Waals surface area contributed by atoms with E-state index in [4.69, 9.17) is 9.97 Å². The maximum absolute atomic E-state index is 13.6. The number of fused-ring (bicyclic) bond motifs is 6. The van der Waals surface area contributed by atoms with Crippen molar-refractivity contribution < 1.29 is 18.0 Å². The average molecular weight is 633 g/mol. The summed E-state index contributed by atoms with van der Waals surface area (Å²) < 4.78 is 41.6. The highest BCUT2D eigenvalue weighted by Crippen LogP contribution is 2.43. The zero-order valence-electron chi connectivity index (χ0n) is 26.8. The van der Waals surface area contributed by atoms with E-state index in [-0.39, 0.29) is 29.4 Å². The number of carbonyl (C=O) groups excluding carboxylic acids is 1. The fourth-order valence-corrected chi connectivity index (χ4v) is 7.62. The molecule has 44 heavy (non-hydrogen) atoms.